The third-order valence-electron chi connectivity index (χ3n) is 4.06. The fourth-order valence-electron chi connectivity index (χ4n) is 2.96. The van der Waals surface area contributed by atoms with Gasteiger partial charge >= 0.3 is 7.60 Å². The molecule has 0 aromatic rings. The van der Waals surface area contributed by atoms with Crippen molar-refractivity contribution in [1.29, 1.82) is 0 Å². The number of aliphatic hydroxyl groups excluding tert-OH is 1. The predicted octanol–water partition coefficient (Wildman–Crippen LogP) is 1.93. The van der Waals surface area contributed by atoms with Crippen LogP contribution in [0.2, 0.25) is 0 Å². The van der Waals surface area contributed by atoms with Crippen molar-refractivity contribution in [3.8, 4) is 0 Å². The first-order chi connectivity index (χ1) is 10.5. The summed E-state index contributed by atoms with van der Waals surface area (Å²) in [6.45, 7) is 11.6. The van der Waals surface area contributed by atoms with Gasteiger partial charge in [-0.2, -0.15) is 0 Å². The Morgan fingerprint density at radius 1 is 1.32 bits per heavy atom. The van der Waals surface area contributed by atoms with E-state index in [2.05, 4.69) is 24.1 Å². The van der Waals surface area contributed by atoms with Gasteiger partial charge in [0.25, 0.3) is 0 Å². The molecule has 0 amide bonds. The zero-order valence-electron chi connectivity index (χ0n) is 14.5. The Labute approximate surface area is 135 Å². The number of aliphatic hydroxyl groups is 1. The predicted molar refractivity (Wildman–Crippen MR) is 89.4 cm³/mol. The van der Waals surface area contributed by atoms with E-state index < -0.39 is 7.60 Å². The van der Waals surface area contributed by atoms with Crippen LogP contribution in [-0.2, 0) is 13.6 Å². The molecular weight excluding hydrogens is 303 g/mol. The minimum absolute atomic E-state index is 0.126. The molecule has 1 saturated heterocycles. The second-order valence-electron chi connectivity index (χ2n) is 6.12. The second kappa shape index (κ2) is 10.0. The summed E-state index contributed by atoms with van der Waals surface area (Å²) in [5, 5.41) is 12.7. The molecule has 22 heavy (non-hydrogen) atoms. The monoisotopic (exact) mass is 336 g/mol. The van der Waals surface area contributed by atoms with Crippen LogP contribution < -0.4 is 5.32 Å². The maximum Gasteiger partial charge on any atom is 0.330 e. The minimum atomic E-state index is -2.94. The molecule has 1 aliphatic heterocycles. The molecule has 0 aliphatic carbocycles. The Morgan fingerprint density at radius 2 is 1.95 bits per heavy atom. The molecular formula is C15H33N2O4P. The molecule has 0 bridgehead atoms. The summed E-state index contributed by atoms with van der Waals surface area (Å²) in [6, 6.07) is 0.571. The van der Waals surface area contributed by atoms with Crippen molar-refractivity contribution in [2.24, 2.45) is 5.92 Å². The van der Waals surface area contributed by atoms with Crippen molar-refractivity contribution in [2.45, 2.75) is 46.2 Å². The fraction of sp³-hybridized carbons (Fsp3) is 1.00. The van der Waals surface area contributed by atoms with Crippen LogP contribution in [0, 0.1) is 5.92 Å². The first kappa shape index (κ1) is 20.1. The van der Waals surface area contributed by atoms with Gasteiger partial charge in [-0.1, -0.05) is 13.8 Å². The van der Waals surface area contributed by atoms with Gasteiger partial charge in [-0.05, 0) is 32.7 Å². The normalized spacial score (nSPS) is 24.1. The first-order valence-electron chi connectivity index (χ1n) is 8.42. The summed E-state index contributed by atoms with van der Waals surface area (Å²) in [4.78, 5) is 2.39. The van der Waals surface area contributed by atoms with E-state index in [4.69, 9.17) is 9.05 Å². The number of nitrogens with one attached hydrogen (secondary N) is 1. The lowest BCUT2D eigenvalue weighted by molar-refractivity contribution is 0.0767. The van der Waals surface area contributed by atoms with Crippen LogP contribution in [0.5, 0.6) is 0 Å². The molecule has 1 fully saturated rings. The molecule has 2 N–H and O–H groups in total. The smallest absolute Gasteiger partial charge is 0.330 e. The van der Waals surface area contributed by atoms with E-state index in [-0.39, 0.29) is 12.6 Å². The summed E-state index contributed by atoms with van der Waals surface area (Å²) in [5.74, 6) is 0.540. The highest BCUT2D eigenvalue weighted by atomic mass is 31.2. The summed E-state index contributed by atoms with van der Waals surface area (Å²) in [6.07, 6.45) is 1.23. The Balaban J connectivity index is 2.53. The summed E-state index contributed by atoms with van der Waals surface area (Å²) >= 11 is 0. The Kier molecular flexibility index (Phi) is 9.14. The van der Waals surface area contributed by atoms with E-state index in [1.54, 1.807) is 0 Å². The molecule has 0 radical (unpaired) electrons. The molecule has 0 saturated carbocycles. The number of rotatable bonds is 10. The van der Waals surface area contributed by atoms with Gasteiger partial charge in [0.15, 0.2) is 0 Å². The molecule has 1 heterocycles. The van der Waals surface area contributed by atoms with E-state index >= 15 is 0 Å². The maximum atomic E-state index is 12.5. The van der Waals surface area contributed by atoms with Crippen molar-refractivity contribution in [2.75, 3.05) is 45.6 Å². The number of hydrogen-bond acceptors (Lipinski definition) is 6. The molecule has 1 aliphatic rings. The quantitative estimate of drug-likeness (QED) is 0.594. The lowest BCUT2D eigenvalue weighted by Crippen LogP contribution is -2.59. The minimum Gasteiger partial charge on any atom is -0.395 e. The average molecular weight is 336 g/mol. The van der Waals surface area contributed by atoms with Crippen LogP contribution in [0.15, 0.2) is 0 Å². The van der Waals surface area contributed by atoms with Crippen molar-refractivity contribution in [3.05, 3.63) is 0 Å². The van der Waals surface area contributed by atoms with Gasteiger partial charge in [-0.25, -0.2) is 0 Å². The number of piperazine rings is 1. The number of hydrogen-bond donors (Lipinski definition) is 2. The Morgan fingerprint density at radius 3 is 2.45 bits per heavy atom. The Bertz CT molecular complexity index is 344. The largest absolute Gasteiger partial charge is 0.395 e. The lowest BCUT2D eigenvalue weighted by atomic mass is 9.98. The fourth-order valence-corrected chi connectivity index (χ4v) is 4.61. The lowest BCUT2D eigenvalue weighted by Gasteiger charge is -2.42. The maximum absolute atomic E-state index is 12.5. The van der Waals surface area contributed by atoms with Crippen molar-refractivity contribution < 1.29 is 18.7 Å². The van der Waals surface area contributed by atoms with E-state index in [1.165, 1.54) is 0 Å². The number of nitrogens with zero attached hydrogens (tertiary/aromatic N) is 1. The molecule has 2 atom stereocenters. The SMILES string of the molecule is CCOP(=O)(CCCN1C[C@H](CO)NC[C@@H]1C(C)C)OCC. The molecule has 7 heteroatoms. The van der Waals surface area contributed by atoms with Gasteiger partial charge in [0.05, 0.1) is 26.0 Å². The second-order valence-corrected chi connectivity index (χ2v) is 8.30. The van der Waals surface area contributed by atoms with E-state index in [0.29, 0.717) is 31.3 Å². The van der Waals surface area contributed by atoms with Crippen molar-refractivity contribution in [1.82, 2.24) is 10.2 Å². The van der Waals surface area contributed by atoms with Crippen LogP contribution in [0.3, 0.4) is 0 Å². The highest BCUT2D eigenvalue weighted by Gasteiger charge is 2.30. The van der Waals surface area contributed by atoms with Crippen LogP contribution in [0.1, 0.15) is 34.1 Å². The topological polar surface area (TPSA) is 71.0 Å². The van der Waals surface area contributed by atoms with E-state index in [9.17, 15) is 9.67 Å². The molecule has 0 spiro atoms. The van der Waals surface area contributed by atoms with Crippen LogP contribution >= 0.6 is 7.60 Å². The van der Waals surface area contributed by atoms with Crippen molar-refractivity contribution >= 4 is 7.60 Å². The van der Waals surface area contributed by atoms with E-state index in [0.717, 1.165) is 26.1 Å². The van der Waals surface area contributed by atoms with Crippen LogP contribution in [-0.4, -0.2) is 67.7 Å². The van der Waals surface area contributed by atoms with Gasteiger partial charge < -0.3 is 19.5 Å². The van der Waals surface area contributed by atoms with Crippen LogP contribution in [0.25, 0.3) is 0 Å². The van der Waals surface area contributed by atoms with E-state index in [1.807, 2.05) is 13.8 Å². The van der Waals surface area contributed by atoms with Crippen LogP contribution in [0.4, 0.5) is 0 Å². The van der Waals surface area contributed by atoms with Crippen molar-refractivity contribution in [3.63, 3.8) is 0 Å². The Hall–Kier alpha value is 0.0300. The zero-order chi connectivity index (χ0) is 16.6. The molecule has 0 aromatic heterocycles. The standard InChI is InChI=1S/C15H33N2O4P/c1-5-20-22(19,21-6-2)9-7-8-17-11-14(12-18)16-10-15(17)13(3)4/h13-16,18H,5-12H2,1-4H3/t14-,15-/m1/s1. The highest BCUT2D eigenvalue weighted by molar-refractivity contribution is 7.53. The zero-order valence-corrected chi connectivity index (χ0v) is 15.3. The highest BCUT2D eigenvalue weighted by Crippen LogP contribution is 2.48. The van der Waals surface area contributed by atoms with Gasteiger partial charge in [0, 0.05) is 25.2 Å². The first-order valence-corrected chi connectivity index (χ1v) is 10.1. The molecule has 0 unspecified atom stereocenters. The molecule has 6 nitrogen and oxygen atoms in total. The van der Waals surface area contributed by atoms with Gasteiger partial charge in [0.2, 0.25) is 0 Å². The summed E-state index contributed by atoms with van der Waals surface area (Å²) in [7, 11) is -2.94. The van der Waals surface area contributed by atoms with Gasteiger partial charge in [0.1, 0.15) is 0 Å². The molecule has 0 aromatic carbocycles. The van der Waals surface area contributed by atoms with Gasteiger partial charge in [-0.15, -0.1) is 0 Å². The average Bonchev–Trinajstić information content (AvgIpc) is 2.47. The van der Waals surface area contributed by atoms with Gasteiger partial charge in [-0.3, -0.25) is 9.46 Å². The summed E-state index contributed by atoms with van der Waals surface area (Å²) < 4.78 is 23.2. The third-order valence-corrected chi connectivity index (χ3v) is 6.23. The summed E-state index contributed by atoms with van der Waals surface area (Å²) in [5.41, 5.74) is 0. The third kappa shape index (κ3) is 6.26. The molecule has 132 valence electrons. The molecule has 1 rings (SSSR count).